The molecule has 15 heavy (non-hydrogen) atoms. The maximum atomic E-state index is 11.7. The van der Waals surface area contributed by atoms with E-state index in [0.717, 1.165) is 4.31 Å². The summed E-state index contributed by atoms with van der Waals surface area (Å²) in [5, 5.41) is -0.371. The normalized spacial score (nSPS) is 14.1. The van der Waals surface area contributed by atoms with Gasteiger partial charge in [0.1, 0.15) is 5.08 Å². The van der Waals surface area contributed by atoms with Crippen LogP contribution in [0.3, 0.4) is 0 Å². The Hall–Kier alpha value is -0.720. The average Bonchev–Trinajstić information content (AvgIpc) is 2.18. The van der Waals surface area contributed by atoms with E-state index in [-0.39, 0.29) is 5.08 Å². The van der Waals surface area contributed by atoms with Crippen LogP contribution in [-0.2, 0) is 20.8 Å². The summed E-state index contributed by atoms with van der Waals surface area (Å²) in [4.78, 5) is 0.530. The van der Waals surface area contributed by atoms with E-state index in [1.807, 2.05) is 0 Å². The first kappa shape index (κ1) is 12.4. The van der Waals surface area contributed by atoms with Crippen molar-refractivity contribution < 1.29 is 12.6 Å². The molecule has 0 fully saturated rings. The molecule has 1 atom stereocenters. The van der Waals surface area contributed by atoms with Crippen LogP contribution in [0.25, 0.3) is 0 Å². The summed E-state index contributed by atoms with van der Waals surface area (Å²) in [6.07, 6.45) is 0. The summed E-state index contributed by atoms with van der Waals surface area (Å²) < 4.78 is 35.6. The molecule has 0 amide bonds. The van der Waals surface area contributed by atoms with Gasteiger partial charge in [-0.15, -0.1) is 0 Å². The van der Waals surface area contributed by atoms with Gasteiger partial charge in [0.15, 0.2) is 0 Å². The number of hydrogen-bond donors (Lipinski definition) is 0. The molecule has 0 aliphatic rings. The summed E-state index contributed by atoms with van der Waals surface area (Å²) >= 11 is 0. The van der Waals surface area contributed by atoms with E-state index < -0.39 is 20.8 Å². The lowest BCUT2D eigenvalue weighted by molar-refractivity contribution is 0.525. The van der Waals surface area contributed by atoms with E-state index >= 15 is 0 Å². The van der Waals surface area contributed by atoms with Gasteiger partial charge >= 0.3 is 0 Å². The minimum Gasteiger partial charge on any atom is -0.253 e. The van der Waals surface area contributed by atoms with Crippen molar-refractivity contribution in [3.05, 3.63) is 30.3 Å². The monoisotopic (exact) mass is 247 g/mol. The highest BCUT2D eigenvalue weighted by atomic mass is 32.3. The number of sulfonamides is 1. The van der Waals surface area contributed by atoms with Gasteiger partial charge in [-0.1, -0.05) is 18.2 Å². The maximum Gasteiger partial charge on any atom is 0.225 e. The van der Waals surface area contributed by atoms with Crippen molar-refractivity contribution in [1.29, 1.82) is 0 Å². The zero-order valence-corrected chi connectivity index (χ0v) is 10.2. The minimum atomic E-state index is -3.41. The third-order valence-corrected chi connectivity index (χ3v) is 5.78. The molecule has 0 aromatic heterocycles. The smallest absolute Gasteiger partial charge is 0.225 e. The van der Waals surface area contributed by atoms with Crippen molar-refractivity contribution in [1.82, 2.24) is 4.31 Å². The van der Waals surface area contributed by atoms with E-state index in [1.54, 1.807) is 30.3 Å². The van der Waals surface area contributed by atoms with Crippen LogP contribution in [0.15, 0.2) is 35.2 Å². The van der Waals surface area contributed by atoms with Crippen LogP contribution in [-0.4, -0.2) is 36.1 Å². The van der Waals surface area contributed by atoms with Crippen LogP contribution >= 0.6 is 0 Å². The summed E-state index contributed by atoms with van der Waals surface area (Å²) in [5.74, 6) is 0. The van der Waals surface area contributed by atoms with E-state index in [2.05, 4.69) is 0 Å². The van der Waals surface area contributed by atoms with Crippen molar-refractivity contribution in [2.24, 2.45) is 0 Å². The van der Waals surface area contributed by atoms with Crippen LogP contribution in [0.5, 0.6) is 0 Å². The van der Waals surface area contributed by atoms with Crippen LogP contribution in [0.4, 0.5) is 0 Å². The van der Waals surface area contributed by atoms with Crippen molar-refractivity contribution in [2.75, 3.05) is 19.2 Å². The zero-order valence-electron chi connectivity index (χ0n) is 8.58. The number of rotatable bonds is 4. The van der Waals surface area contributed by atoms with Gasteiger partial charge in [0.05, 0.1) is 10.8 Å². The van der Waals surface area contributed by atoms with Gasteiger partial charge in [0.2, 0.25) is 10.0 Å². The summed E-state index contributed by atoms with van der Waals surface area (Å²) in [6.45, 7) is 0. The lowest BCUT2D eigenvalue weighted by Crippen LogP contribution is -2.27. The van der Waals surface area contributed by atoms with Gasteiger partial charge < -0.3 is 0 Å². The molecule has 4 nitrogen and oxygen atoms in total. The van der Waals surface area contributed by atoms with Crippen LogP contribution in [0, 0.1) is 0 Å². The maximum absolute atomic E-state index is 11.7. The van der Waals surface area contributed by atoms with Crippen LogP contribution < -0.4 is 0 Å². The zero-order chi connectivity index (χ0) is 11.5. The quantitative estimate of drug-likeness (QED) is 0.784. The van der Waals surface area contributed by atoms with E-state index in [0.29, 0.717) is 4.90 Å². The fourth-order valence-corrected chi connectivity index (χ4v) is 3.81. The standard InChI is InChI=1S/C9H13NO3S2/c1-10(2)15(12,13)8-14(11)9-6-4-3-5-7-9/h3-7H,8H2,1-2H3. The Balaban J connectivity index is 2.82. The van der Waals surface area contributed by atoms with E-state index in [9.17, 15) is 12.6 Å². The highest BCUT2D eigenvalue weighted by Gasteiger charge is 2.18. The second-order valence-electron chi connectivity index (χ2n) is 3.17. The molecule has 0 aliphatic carbocycles. The average molecular weight is 247 g/mol. The number of hydrogen-bond acceptors (Lipinski definition) is 3. The second kappa shape index (κ2) is 4.87. The molecule has 6 heteroatoms. The molecule has 1 aromatic carbocycles. The van der Waals surface area contributed by atoms with Gasteiger partial charge in [-0.2, -0.15) is 0 Å². The Bertz CT molecular complexity index is 440. The molecule has 0 spiro atoms. The van der Waals surface area contributed by atoms with Gasteiger partial charge in [0, 0.05) is 19.0 Å². The van der Waals surface area contributed by atoms with Gasteiger partial charge in [-0.3, -0.25) is 4.21 Å². The van der Waals surface area contributed by atoms with E-state index in [1.165, 1.54) is 14.1 Å². The Morgan fingerprint density at radius 1 is 1.20 bits per heavy atom. The van der Waals surface area contributed by atoms with Gasteiger partial charge in [0.25, 0.3) is 0 Å². The molecule has 0 saturated heterocycles. The Morgan fingerprint density at radius 2 is 1.73 bits per heavy atom. The fourth-order valence-electron chi connectivity index (χ4n) is 0.881. The predicted molar refractivity (Wildman–Crippen MR) is 60.3 cm³/mol. The lowest BCUT2D eigenvalue weighted by Gasteiger charge is -2.10. The number of nitrogens with zero attached hydrogens (tertiary/aromatic N) is 1. The second-order valence-corrected chi connectivity index (χ2v) is 7.17. The molecule has 0 N–H and O–H groups in total. The SMILES string of the molecule is CN(C)S(=O)(=O)CS(=O)c1ccccc1. The topological polar surface area (TPSA) is 54.5 Å². The molecular weight excluding hydrogens is 234 g/mol. The first-order chi connectivity index (χ1) is 6.93. The fraction of sp³-hybridized carbons (Fsp3) is 0.333. The van der Waals surface area contributed by atoms with E-state index in [4.69, 9.17) is 0 Å². The van der Waals surface area contributed by atoms with Gasteiger partial charge in [-0.25, -0.2) is 12.7 Å². The molecular formula is C9H13NO3S2. The molecule has 1 aromatic rings. The molecule has 84 valence electrons. The minimum absolute atomic E-state index is 0.371. The highest BCUT2D eigenvalue weighted by Crippen LogP contribution is 2.08. The molecule has 0 bridgehead atoms. The molecule has 1 unspecified atom stereocenters. The summed E-state index contributed by atoms with van der Waals surface area (Å²) in [5.41, 5.74) is 0. The summed E-state index contributed by atoms with van der Waals surface area (Å²) in [7, 11) is -2.06. The largest absolute Gasteiger partial charge is 0.253 e. The van der Waals surface area contributed by atoms with Gasteiger partial charge in [-0.05, 0) is 12.1 Å². The third-order valence-electron chi connectivity index (χ3n) is 1.82. The lowest BCUT2D eigenvalue weighted by atomic mass is 10.4. The molecule has 1 rings (SSSR count). The first-order valence-electron chi connectivity index (χ1n) is 4.27. The van der Waals surface area contributed by atoms with Crippen molar-refractivity contribution in [3.8, 4) is 0 Å². The van der Waals surface area contributed by atoms with Crippen LogP contribution in [0.1, 0.15) is 0 Å². The van der Waals surface area contributed by atoms with Crippen LogP contribution in [0.2, 0.25) is 0 Å². The van der Waals surface area contributed by atoms with Crippen molar-refractivity contribution >= 4 is 20.8 Å². The summed E-state index contributed by atoms with van der Waals surface area (Å²) in [6, 6.07) is 8.56. The molecule has 0 aliphatic heterocycles. The first-order valence-corrected chi connectivity index (χ1v) is 7.20. The third kappa shape index (κ3) is 3.40. The number of benzene rings is 1. The molecule has 0 radical (unpaired) electrons. The van der Waals surface area contributed by atoms with Crippen molar-refractivity contribution in [2.45, 2.75) is 4.90 Å². The highest BCUT2D eigenvalue weighted by molar-refractivity contribution is 8.04. The Labute approximate surface area is 92.4 Å². The predicted octanol–water partition coefficient (Wildman–Crippen LogP) is 0.643. The molecule has 0 saturated carbocycles. The molecule has 0 heterocycles. The van der Waals surface area contributed by atoms with Crippen molar-refractivity contribution in [3.63, 3.8) is 0 Å². The Kier molecular flexibility index (Phi) is 4.01. The Morgan fingerprint density at radius 3 is 2.20 bits per heavy atom.